The molecule has 9 heteroatoms. The second kappa shape index (κ2) is 9.74. The number of unbranched alkanes of at least 4 members (excludes halogenated alkanes) is 1. The van der Waals surface area contributed by atoms with E-state index in [1.54, 1.807) is 26.0 Å². The Morgan fingerprint density at radius 1 is 1.10 bits per heavy atom. The molecule has 31 heavy (non-hydrogen) atoms. The number of rotatable bonds is 7. The fourth-order valence-corrected chi connectivity index (χ4v) is 4.43. The highest BCUT2D eigenvalue weighted by atomic mass is 79.9. The van der Waals surface area contributed by atoms with Gasteiger partial charge in [-0.1, -0.05) is 41.0 Å². The van der Waals surface area contributed by atoms with Gasteiger partial charge in [0.05, 0.1) is 14.2 Å². The average molecular weight is 503 g/mol. The highest BCUT2D eigenvalue weighted by molar-refractivity contribution is 9.10. The van der Waals surface area contributed by atoms with Crippen molar-refractivity contribution in [1.29, 1.82) is 0 Å². The standard InChI is InChI=1S/C22H23BrN4O3S/c1-4-5-10-31-22-25-21-19(26-27-22)15-12-14(23)7-8-16(15)24-20(30-21)13-6-9-17(28-2)18(11-13)29-3/h6-9,11-12,20,24H,4-5,10H2,1-3H3/t20-/m1/s1. The van der Waals surface area contributed by atoms with E-state index in [4.69, 9.17) is 14.2 Å². The summed E-state index contributed by atoms with van der Waals surface area (Å²) < 4.78 is 18.1. The summed E-state index contributed by atoms with van der Waals surface area (Å²) >= 11 is 5.13. The van der Waals surface area contributed by atoms with Gasteiger partial charge in [-0.3, -0.25) is 0 Å². The molecule has 1 aromatic heterocycles. The maximum absolute atomic E-state index is 6.34. The molecule has 0 unspecified atom stereocenters. The number of methoxy groups -OCH3 is 2. The Hall–Kier alpha value is -2.52. The smallest absolute Gasteiger partial charge is 0.247 e. The number of anilines is 1. The average Bonchev–Trinajstić information content (AvgIpc) is 2.95. The minimum absolute atomic E-state index is 0.443. The largest absolute Gasteiger partial charge is 0.493 e. The van der Waals surface area contributed by atoms with Gasteiger partial charge in [0.1, 0.15) is 0 Å². The molecule has 4 rings (SSSR count). The van der Waals surface area contributed by atoms with E-state index in [0.29, 0.717) is 28.2 Å². The predicted molar refractivity (Wildman–Crippen MR) is 125 cm³/mol. The van der Waals surface area contributed by atoms with Crippen LogP contribution >= 0.6 is 27.7 Å². The molecule has 0 saturated carbocycles. The lowest BCUT2D eigenvalue weighted by Gasteiger charge is -2.20. The Morgan fingerprint density at radius 2 is 1.94 bits per heavy atom. The van der Waals surface area contributed by atoms with Crippen molar-refractivity contribution in [3.05, 3.63) is 46.4 Å². The Balaban J connectivity index is 1.76. The van der Waals surface area contributed by atoms with Gasteiger partial charge in [-0.15, -0.1) is 10.2 Å². The number of nitrogens with zero attached hydrogens (tertiary/aromatic N) is 3. The summed E-state index contributed by atoms with van der Waals surface area (Å²) in [6.07, 6.45) is 1.72. The van der Waals surface area contributed by atoms with Crippen molar-refractivity contribution in [1.82, 2.24) is 15.2 Å². The van der Waals surface area contributed by atoms with Gasteiger partial charge in [0.25, 0.3) is 0 Å². The number of benzene rings is 2. The molecule has 0 aliphatic carbocycles. The van der Waals surface area contributed by atoms with Crippen LogP contribution in [0.1, 0.15) is 31.6 Å². The summed E-state index contributed by atoms with van der Waals surface area (Å²) in [7, 11) is 3.23. The van der Waals surface area contributed by atoms with E-state index >= 15 is 0 Å². The fraction of sp³-hybridized carbons (Fsp3) is 0.318. The summed E-state index contributed by atoms with van der Waals surface area (Å²) in [5.41, 5.74) is 3.23. The van der Waals surface area contributed by atoms with Crippen LogP contribution in [0.2, 0.25) is 0 Å². The molecule has 0 amide bonds. The fourth-order valence-electron chi connectivity index (χ4n) is 3.21. The van der Waals surface area contributed by atoms with Crippen LogP contribution in [0.5, 0.6) is 17.4 Å². The summed E-state index contributed by atoms with van der Waals surface area (Å²) in [5.74, 6) is 2.67. The van der Waals surface area contributed by atoms with Gasteiger partial charge >= 0.3 is 0 Å². The topological polar surface area (TPSA) is 78.4 Å². The van der Waals surface area contributed by atoms with E-state index in [1.807, 2.05) is 36.4 Å². The molecule has 0 radical (unpaired) electrons. The molecular formula is C22H23BrN4O3S. The first-order chi connectivity index (χ1) is 15.1. The molecule has 2 heterocycles. The van der Waals surface area contributed by atoms with Gasteiger partial charge in [0.15, 0.2) is 23.4 Å². The van der Waals surface area contributed by atoms with E-state index in [1.165, 1.54) is 0 Å². The third-order valence-corrected chi connectivity index (χ3v) is 6.24. The van der Waals surface area contributed by atoms with Gasteiger partial charge in [-0.2, -0.15) is 4.98 Å². The Morgan fingerprint density at radius 3 is 2.71 bits per heavy atom. The van der Waals surface area contributed by atoms with Crippen LogP contribution in [0, 0.1) is 0 Å². The van der Waals surface area contributed by atoms with Crippen LogP contribution in [0.15, 0.2) is 46.0 Å². The molecule has 0 spiro atoms. The van der Waals surface area contributed by atoms with Crippen molar-refractivity contribution in [2.45, 2.75) is 31.1 Å². The van der Waals surface area contributed by atoms with Gasteiger partial charge in [-0.25, -0.2) is 0 Å². The monoisotopic (exact) mass is 502 g/mol. The number of nitrogens with one attached hydrogen (secondary N) is 1. The number of aromatic nitrogens is 3. The van der Waals surface area contributed by atoms with Crippen LogP contribution in [-0.4, -0.2) is 35.2 Å². The van der Waals surface area contributed by atoms with Crippen LogP contribution in [0.3, 0.4) is 0 Å². The highest BCUT2D eigenvalue weighted by Gasteiger charge is 2.27. The molecule has 0 fully saturated rings. The number of hydrogen-bond acceptors (Lipinski definition) is 8. The van der Waals surface area contributed by atoms with Gasteiger partial charge in [0, 0.05) is 27.0 Å². The third-order valence-electron chi connectivity index (χ3n) is 4.83. The zero-order valence-corrected chi connectivity index (χ0v) is 19.9. The second-order valence-electron chi connectivity index (χ2n) is 6.90. The van der Waals surface area contributed by atoms with Crippen LogP contribution in [0.4, 0.5) is 5.69 Å². The quantitative estimate of drug-likeness (QED) is 0.324. The summed E-state index contributed by atoms with van der Waals surface area (Å²) in [6, 6.07) is 11.6. The first kappa shape index (κ1) is 21.7. The number of thioether (sulfide) groups is 1. The molecular weight excluding hydrogens is 480 g/mol. The second-order valence-corrected chi connectivity index (χ2v) is 8.87. The Kier molecular flexibility index (Phi) is 6.82. The normalized spacial score (nSPS) is 14.5. The SMILES string of the molecule is CCCCSc1nnc2c(n1)O[C@H](c1ccc(OC)c(OC)c1)Nc1ccc(Br)cc1-2. The first-order valence-electron chi connectivity index (χ1n) is 9.95. The highest BCUT2D eigenvalue weighted by Crippen LogP contribution is 2.41. The lowest BCUT2D eigenvalue weighted by molar-refractivity contribution is 0.224. The van der Waals surface area contributed by atoms with E-state index in [0.717, 1.165) is 39.9 Å². The maximum atomic E-state index is 6.34. The summed E-state index contributed by atoms with van der Waals surface area (Å²) in [4.78, 5) is 4.68. The molecule has 1 aliphatic rings. The van der Waals surface area contributed by atoms with Crippen molar-refractivity contribution in [2.24, 2.45) is 0 Å². The lowest BCUT2D eigenvalue weighted by atomic mass is 10.1. The lowest BCUT2D eigenvalue weighted by Crippen LogP contribution is -2.17. The molecule has 2 aromatic carbocycles. The molecule has 1 aliphatic heterocycles. The zero-order chi connectivity index (χ0) is 21.8. The van der Waals surface area contributed by atoms with Gasteiger partial charge in [-0.05, 0) is 42.8 Å². The third kappa shape index (κ3) is 4.72. The number of fused-ring (bicyclic) bond motifs is 3. The first-order valence-corrected chi connectivity index (χ1v) is 11.7. The Bertz CT molecular complexity index is 1080. The van der Waals surface area contributed by atoms with Crippen LogP contribution in [-0.2, 0) is 0 Å². The van der Waals surface area contributed by atoms with Gasteiger partial charge < -0.3 is 19.5 Å². The van der Waals surface area contributed by atoms with Crippen molar-refractivity contribution in [3.8, 4) is 28.6 Å². The minimum atomic E-state index is -0.494. The Labute approximate surface area is 194 Å². The number of halogens is 1. The molecule has 162 valence electrons. The summed E-state index contributed by atoms with van der Waals surface area (Å²) in [6.45, 7) is 2.16. The van der Waals surface area contributed by atoms with Crippen molar-refractivity contribution < 1.29 is 14.2 Å². The van der Waals surface area contributed by atoms with Crippen molar-refractivity contribution in [2.75, 3.05) is 25.3 Å². The summed E-state index contributed by atoms with van der Waals surface area (Å²) in [5, 5.41) is 12.9. The predicted octanol–water partition coefficient (Wildman–Crippen LogP) is 5.71. The number of hydrogen-bond donors (Lipinski definition) is 1. The molecule has 1 atom stereocenters. The molecule has 0 saturated heterocycles. The minimum Gasteiger partial charge on any atom is -0.493 e. The van der Waals surface area contributed by atoms with E-state index in [-0.39, 0.29) is 0 Å². The van der Waals surface area contributed by atoms with E-state index in [2.05, 4.69) is 43.4 Å². The van der Waals surface area contributed by atoms with E-state index < -0.39 is 6.23 Å². The van der Waals surface area contributed by atoms with Gasteiger partial charge in [0.2, 0.25) is 11.0 Å². The molecule has 1 N–H and O–H groups in total. The molecule has 0 bridgehead atoms. The molecule has 3 aromatic rings. The zero-order valence-electron chi connectivity index (χ0n) is 17.5. The van der Waals surface area contributed by atoms with E-state index in [9.17, 15) is 0 Å². The maximum Gasteiger partial charge on any atom is 0.247 e. The number of ether oxygens (including phenoxy) is 3. The van der Waals surface area contributed by atoms with Crippen molar-refractivity contribution in [3.63, 3.8) is 0 Å². The van der Waals surface area contributed by atoms with Crippen LogP contribution < -0.4 is 19.5 Å². The van der Waals surface area contributed by atoms with Crippen LogP contribution in [0.25, 0.3) is 11.3 Å². The van der Waals surface area contributed by atoms with Crippen molar-refractivity contribution >= 4 is 33.4 Å². The molecule has 7 nitrogen and oxygen atoms in total.